The molecule has 28 heavy (non-hydrogen) atoms. The van der Waals surface area contributed by atoms with E-state index in [1.807, 2.05) is 35.0 Å². The number of rotatable bonds is 6. The van der Waals surface area contributed by atoms with E-state index in [4.69, 9.17) is 16.3 Å². The third kappa shape index (κ3) is 5.46. The molecule has 0 amide bonds. The van der Waals surface area contributed by atoms with Gasteiger partial charge in [-0.15, -0.1) is 0 Å². The van der Waals surface area contributed by atoms with Gasteiger partial charge < -0.3 is 9.30 Å². The molecular formula is C23H25ClN2O2. The first-order valence-electron chi connectivity index (χ1n) is 9.31. The summed E-state index contributed by atoms with van der Waals surface area (Å²) in [4.78, 5) is 16.6. The summed E-state index contributed by atoms with van der Waals surface area (Å²) >= 11 is 5.91. The van der Waals surface area contributed by atoms with Gasteiger partial charge >= 0.3 is 5.97 Å². The average Bonchev–Trinajstić information content (AvgIpc) is 3.16. The number of aromatic nitrogens is 2. The van der Waals surface area contributed by atoms with Crippen molar-refractivity contribution in [3.8, 4) is 0 Å². The van der Waals surface area contributed by atoms with Gasteiger partial charge in [0, 0.05) is 17.4 Å². The Morgan fingerprint density at radius 3 is 2.36 bits per heavy atom. The Hall–Kier alpha value is -2.59. The molecule has 0 N–H and O–H groups in total. The molecule has 0 aliphatic carbocycles. The van der Waals surface area contributed by atoms with Gasteiger partial charge in [0.15, 0.2) is 0 Å². The SMILES string of the molecule is CC(C)(C)c1ccc(C(Cn2ccnc2)OC(=O)Cc2ccc(Cl)cc2)cc1. The monoisotopic (exact) mass is 396 g/mol. The van der Waals surface area contributed by atoms with E-state index >= 15 is 0 Å². The maximum atomic E-state index is 12.6. The molecule has 0 saturated heterocycles. The zero-order chi connectivity index (χ0) is 20.1. The van der Waals surface area contributed by atoms with Crippen molar-refractivity contribution in [1.29, 1.82) is 0 Å². The van der Waals surface area contributed by atoms with E-state index in [0.717, 1.165) is 11.1 Å². The summed E-state index contributed by atoms with van der Waals surface area (Å²) in [5.74, 6) is -0.271. The van der Waals surface area contributed by atoms with Crippen molar-refractivity contribution < 1.29 is 9.53 Å². The van der Waals surface area contributed by atoms with Gasteiger partial charge in [0.25, 0.3) is 0 Å². The molecule has 1 unspecified atom stereocenters. The van der Waals surface area contributed by atoms with Crippen LogP contribution < -0.4 is 0 Å². The van der Waals surface area contributed by atoms with Gasteiger partial charge in [0.05, 0.1) is 19.3 Å². The molecule has 4 nitrogen and oxygen atoms in total. The van der Waals surface area contributed by atoms with Crippen molar-refractivity contribution in [2.24, 2.45) is 0 Å². The molecule has 0 radical (unpaired) electrons. The molecule has 3 rings (SSSR count). The largest absolute Gasteiger partial charge is 0.455 e. The van der Waals surface area contributed by atoms with Crippen LogP contribution in [0.2, 0.25) is 5.02 Å². The van der Waals surface area contributed by atoms with Gasteiger partial charge in [0.2, 0.25) is 0 Å². The van der Waals surface area contributed by atoms with Crippen molar-refractivity contribution in [1.82, 2.24) is 9.55 Å². The van der Waals surface area contributed by atoms with Crippen LogP contribution >= 0.6 is 11.6 Å². The molecule has 0 spiro atoms. The number of benzene rings is 2. The molecule has 2 aromatic carbocycles. The normalized spacial score (nSPS) is 12.6. The van der Waals surface area contributed by atoms with Crippen LogP contribution in [0.4, 0.5) is 0 Å². The Morgan fingerprint density at radius 1 is 1.11 bits per heavy atom. The molecule has 1 atom stereocenters. The first kappa shape index (κ1) is 20.2. The first-order chi connectivity index (χ1) is 13.3. The Kier molecular flexibility index (Phi) is 6.20. The molecular weight excluding hydrogens is 372 g/mol. The van der Waals surface area contributed by atoms with Crippen LogP contribution in [0.15, 0.2) is 67.3 Å². The molecule has 1 heterocycles. The Balaban J connectivity index is 1.76. The molecule has 0 saturated carbocycles. The van der Waals surface area contributed by atoms with E-state index in [-0.39, 0.29) is 23.9 Å². The number of hydrogen-bond donors (Lipinski definition) is 0. The molecule has 0 aliphatic rings. The maximum Gasteiger partial charge on any atom is 0.310 e. The number of esters is 1. The zero-order valence-corrected chi connectivity index (χ0v) is 17.2. The lowest BCUT2D eigenvalue weighted by molar-refractivity contribution is -0.149. The van der Waals surface area contributed by atoms with Crippen molar-refractivity contribution in [2.75, 3.05) is 0 Å². The predicted molar refractivity (Wildman–Crippen MR) is 111 cm³/mol. The lowest BCUT2D eigenvalue weighted by Gasteiger charge is -2.22. The fourth-order valence-corrected chi connectivity index (χ4v) is 3.09. The summed E-state index contributed by atoms with van der Waals surface area (Å²) in [6, 6.07) is 15.5. The van der Waals surface area contributed by atoms with Crippen molar-refractivity contribution >= 4 is 17.6 Å². The fourth-order valence-electron chi connectivity index (χ4n) is 2.96. The minimum Gasteiger partial charge on any atom is -0.455 e. The van der Waals surface area contributed by atoms with Crippen LogP contribution in [0.3, 0.4) is 0 Å². The maximum absolute atomic E-state index is 12.6. The van der Waals surface area contributed by atoms with Gasteiger partial charge in [-0.1, -0.05) is 68.8 Å². The first-order valence-corrected chi connectivity index (χ1v) is 9.69. The number of imidazole rings is 1. The summed E-state index contributed by atoms with van der Waals surface area (Å²) in [7, 11) is 0. The topological polar surface area (TPSA) is 44.1 Å². The third-order valence-electron chi connectivity index (χ3n) is 4.62. The van der Waals surface area contributed by atoms with Gasteiger partial charge in [-0.25, -0.2) is 4.98 Å². The molecule has 0 aliphatic heterocycles. The molecule has 5 heteroatoms. The molecule has 0 fully saturated rings. The van der Waals surface area contributed by atoms with Crippen molar-refractivity contribution in [3.63, 3.8) is 0 Å². The molecule has 1 aromatic heterocycles. The van der Waals surface area contributed by atoms with Crippen LogP contribution in [0.25, 0.3) is 0 Å². The summed E-state index contributed by atoms with van der Waals surface area (Å²) in [5.41, 5.74) is 3.15. The van der Waals surface area contributed by atoms with E-state index in [1.54, 1.807) is 24.7 Å². The zero-order valence-electron chi connectivity index (χ0n) is 16.4. The quantitative estimate of drug-likeness (QED) is 0.527. The van der Waals surface area contributed by atoms with E-state index in [2.05, 4.69) is 37.9 Å². The highest BCUT2D eigenvalue weighted by Crippen LogP contribution is 2.26. The standard InChI is InChI=1S/C23H25ClN2O2/c1-23(2,3)19-8-6-18(7-9-19)21(15-26-13-12-25-16-26)28-22(27)14-17-4-10-20(24)11-5-17/h4-13,16,21H,14-15H2,1-3H3. The Bertz CT molecular complexity index is 895. The van der Waals surface area contributed by atoms with E-state index in [1.165, 1.54) is 5.56 Å². The van der Waals surface area contributed by atoms with Crippen LogP contribution in [-0.4, -0.2) is 15.5 Å². The van der Waals surface area contributed by atoms with Gasteiger partial charge in [-0.05, 0) is 34.2 Å². The highest BCUT2D eigenvalue weighted by Gasteiger charge is 2.20. The Labute approximate surface area is 171 Å². The summed E-state index contributed by atoms with van der Waals surface area (Å²) < 4.78 is 7.76. The van der Waals surface area contributed by atoms with Crippen LogP contribution in [0.1, 0.15) is 43.6 Å². The number of carbonyl (C=O) groups excluding carboxylic acids is 1. The number of ether oxygens (including phenoxy) is 1. The summed E-state index contributed by atoms with van der Waals surface area (Å²) in [5, 5.41) is 0.647. The summed E-state index contributed by atoms with van der Waals surface area (Å²) in [6.45, 7) is 7.05. The lowest BCUT2D eigenvalue weighted by atomic mass is 9.86. The van der Waals surface area contributed by atoms with E-state index < -0.39 is 0 Å². The van der Waals surface area contributed by atoms with Crippen LogP contribution in [0, 0.1) is 0 Å². The Morgan fingerprint density at radius 2 is 1.79 bits per heavy atom. The van der Waals surface area contributed by atoms with Gasteiger partial charge in [-0.2, -0.15) is 0 Å². The highest BCUT2D eigenvalue weighted by molar-refractivity contribution is 6.30. The second-order valence-corrected chi connectivity index (χ2v) is 8.35. The fraction of sp³-hybridized carbons (Fsp3) is 0.304. The second kappa shape index (κ2) is 8.61. The van der Waals surface area contributed by atoms with Gasteiger partial charge in [0.1, 0.15) is 6.10 Å². The molecule has 3 aromatic rings. The molecule has 146 valence electrons. The second-order valence-electron chi connectivity index (χ2n) is 7.91. The van der Waals surface area contributed by atoms with Crippen LogP contribution in [-0.2, 0) is 27.9 Å². The van der Waals surface area contributed by atoms with Crippen molar-refractivity contribution in [2.45, 2.75) is 45.3 Å². The number of nitrogens with zero attached hydrogens (tertiary/aromatic N) is 2. The van der Waals surface area contributed by atoms with Gasteiger partial charge in [-0.3, -0.25) is 4.79 Å². The molecule has 0 bridgehead atoms. The number of halogens is 1. The predicted octanol–water partition coefficient (Wildman–Crippen LogP) is 5.36. The number of hydrogen-bond acceptors (Lipinski definition) is 3. The van der Waals surface area contributed by atoms with E-state index in [0.29, 0.717) is 11.6 Å². The smallest absolute Gasteiger partial charge is 0.310 e. The van der Waals surface area contributed by atoms with Crippen molar-refractivity contribution in [3.05, 3.63) is 89.0 Å². The van der Waals surface area contributed by atoms with Crippen LogP contribution in [0.5, 0.6) is 0 Å². The lowest BCUT2D eigenvalue weighted by Crippen LogP contribution is -2.18. The highest BCUT2D eigenvalue weighted by atomic mass is 35.5. The average molecular weight is 397 g/mol. The van der Waals surface area contributed by atoms with E-state index in [9.17, 15) is 4.79 Å². The number of carbonyl (C=O) groups is 1. The minimum absolute atomic E-state index is 0.0731. The minimum atomic E-state index is -0.386. The third-order valence-corrected chi connectivity index (χ3v) is 4.87. The summed E-state index contributed by atoms with van der Waals surface area (Å²) in [6.07, 6.45) is 5.13.